The number of anilines is 1. The van der Waals surface area contributed by atoms with Crippen molar-refractivity contribution in [3.63, 3.8) is 0 Å². The fourth-order valence-electron chi connectivity index (χ4n) is 3.80. The van der Waals surface area contributed by atoms with Crippen molar-refractivity contribution in [1.29, 1.82) is 0 Å². The van der Waals surface area contributed by atoms with E-state index in [1.807, 2.05) is 31.3 Å². The van der Waals surface area contributed by atoms with E-state index in [1.165, 1.54) is 15.1 Å². The second-order valence-corrected chi connectivity index (χ2v) is 9.75. The van der Waals surface area contributed by atoms with Crippen LogP contribution in [-0.2, 0) is 24.3 Å². The van der Waals surface area contributed by atoms with E-state index in [1.54, 1.807) is 22.7 Å². The Balaban J connectivity index is 1.32. The molecule has 0 atom stereocenters. The fourth-order valence-corrected chi connectivity index (χ4v) is 6.14. The lowest BCUT2D eigenvalue weighted by Crippen LogP contribution is -2.22. The smallest absolute Gasteiger partial charge is 0.226 e. The molecule has 0 radical (unpaired) electrons. The molecule has 0 unspecified atom stereocenters. The van der Waals surface area contributed by atoms with Gasteiger partial charge < -0.3 is 16.0 Å². The van der Waals surface area contributed by atoms with Gasteiger partial charge in [-0.05, 0) is 37.6 Å². The van der Waals surface area contributed by atoms with Gasteiger partial charge in [-0.3, -0.25) is 9.89 Å². The molecule has 1 aliphatic heterocycles. The number of aromatic amines is 1. The molecule has 4 aromatic rings. The van der Waals surface area contributed by atoms with Gasteiger partial charge in [0.1, 0.15) is 10.0 Å². The maximum absolute atomic E-state index is 12.7. The van der Waals surface area contributed by atoms with Crippen LogP contribution in [-0.4, -0.2) is 34.2 Å². The summed E-state index contributed by atoms with van der Waals surface area (Å²) in [7, 11) is 0. The number of thiazole rings is 1. The molecule has 9 heteroatoms. The van der Waals surface area contributed by atoms with Crippen LogP contribution in [0.1, 0.15) is 28.1 Å². The molecule has 0 spiro atoms. The van der Waals surface area contributed by atoms with E-state index in [2.05, 4.69) is 32.2 Å². The number of aromatic nitrogens is 3. The minimum Gasteiger partial charge on any atom is -0.317 e. The molecule has 4 heterocycles. The summed E-state index contributed by atoms with van der Waals surface area (Å²) in [6.45, 7) is 5.10. The third-order valence-corrected chi connectivity index (χ3v) is 7.67. The minimum absolute atomic E-state index is 0.0188. The monoisotopic (exact) mass is 452 g/mol. The summed E-state index contributed by atoms with van der Waals surface area (Å²) >= 11 is 3.37. The van der Waals surface area contributed by atoms with Crippen LogP contribution in [0.15, 0.2) is 30.5 Å². The van der Waals surface area contributed by atoms with Gasteiger partial charge in [0.15, 0.2) is 0 Å². The van der Waals surface area contributed by atoms with Crippen LogP contribution in [0.3, 0.4) is 0 Å². The molecule has 0 bridgehead atoms. The zero-order chi connectivity index (χ0) is 21.2. The average Bonchev–Trinajstić information content (AvgIpc) is 3.47. The number of carbonyl (C=O) groups is 1. The second-order valence-electron chi connectivity index (χ2n) is 7.62. The van der Waals surface area contributed by atoms with Gasteiger partial charge in [-0.2, -0.15) is 5.10 Å². The Morgan fingerprint density at radius 2 is 2.16 bits per heavy atom. The van der Waals surface area contributed by atoms with E-state index in [0.29, 0.717) is 19.5 Å². The van der Waals surface area contributed by atoms with Crippen molar-refractivity contribution < 1.29 is 4.79 Å². The normalized spacial score (nSPS) is 13.5. The number of carbonyl (C=O) groups excluding carboxylic acids is 1. The van der Waals surface area contributed by atoms with Gasteiger partial charge >= 0.3 is 0 Å². The number of rotatable bonds is 7. The van der Waals surface area contributed by atoms with E-state index >= 15 is 0 Å². The number of H-pyrrole nitrogens is 1. The molecular formula is C22H24N6OS2. The summed E-state index contributed by atoms with van der Waals surface area (Å²) in [5.74, 6) is 0.0188. The first-order valence-electron chi connectivity index (χ1n) is 10.4. The molecule has 4 N–H and O–H groups in total. The molecule has 0 fully saturated rings. The van der Waals surface area contributed by atoms with E-state index in [9.17, 15) is 4.79 Å². The van der Waals surface area contributed by atoms with Crippen molar-refractivity contribution in [2.24, 2.45) is 0 Å². The van der Waals surface area contributed by atoms with Crippen LogP contribution in [0.5, 0.6) is 0 Å². The Morgan fingerprint density at radius 1 is 1.26 bits per heavy atom. The maximum atomic E-state index is 12.7. The number of aryl methyl sites for hydroxylation is 1. The molecule has 31 heavy (non-hydrogen) atoms. The zero-order valence-electron chi connectivity index (χ0n) is 17.2. The standard InChI is InChI=1S/C22H24N6OS2/c1-13-14(11-25-28-13)10-23-9-7-19(29)27-22-20(15-6-8-24-12-18(15)31-22)21-26-16-4-2-3-5-17(16)30-21/h2-5,11,23-24H,6-10,12H2,1H3,(H,25,28)(H,27,29). The highest BCUT2D eigenvalue weighted by Crippen LogP contribution is 2.44. The third kappa shape index (κ3) is 4.27. The summed E-state index contributed by atoms with van der Waals surface area (Å²) in [6, 6.07) is 8.20. The van der Waals surface area contributed by atoms with Crippen molar-refractivity contribution in [2.75, 3.05) is 18.4 Å². The number of nitrogens with zero attached hydrogens (tertiary/aromatic N) is 2. The quantitative estimate of drug-likeness (QED) is 0.320. The summed E-state index contributed by atoms with van der Waals surface area (Å²) in [6.07, 6.45) is 3.19. The molecule has 160 valence electrons. The topological polar surface area (TPSA) is 94.7 Å². The first-order valence-corrected chi connectivity index (χ1v) is 12.0. The van der Waals surface area contributed by atoms with Crippen LogP contribution in [0.4, 0.5) is 5.00 Å². The van der Waals surface area contributed by atoms with Crippen LogP contribution in [0.25, 0.3) is 20.8 Å². The number of benzene rings is 1. The van der Waals surface area contributed by atoms with Gasteiger partial charge in [0.05, 0.1) is 16.4 Å². The average molecular weight is 453 g/mol. The SMILES string of the molecule is Cc1[nH]ncc1CNCCC(=O)Nc1sc2c(c1-c1nc3ccccc3s1)CCNC2. The van der Waals surface area contributed by atoms with Crippen LogP contribution < -0.4 is 16.0 Å². The predicted molar refractivity (Wildman–Crippen MR) is 127 cm³/mol. The van der Waals surface area contributed by atoms with Crippen molar-refractivity contribution in [3.8, 4) is 10.6 Å². The Hall–Kier alpha value is -2.59. The fraction of sp³-hybridized carbons (Fsp3) is 0.318. The number of hydrogen-bond acceptors (Lipinski definition) is 7. The molecule has 0 aliphatic carbocycles. The predicted octanol–water partition coefficient (Wildman–Crippen LogP) is 3.82. The Morgan fingerprint density at radius 3 is 3.00 bits per heavy atom. The van der Waals surface area contributed by atoms with E-state index in [0.717, 1.165) is 51.9 Å². The van der Waals surface area contributed by atoms with E-state index in [4.69, 9.17) is 4.98 Å². The maximum Gasteiger partial charge on any atom is 0.226 e. The highest BCUT2D eigenvalue weighted by atomic mass is 32.1. The lowest BCUT2D eigenvalue weighted by atomic mass is 10.0. The number of thiophene rings is 1. The molecular weight excluding hydrogens is 428 g/mol. The third-order valence-electron chi connectivity index (χ3n) is 5.47. The molecule has 1 amide bonds. The van der Waals surface area contributed by atoms with E-state index < -0.39 is 0 Å². The second kappa shape index (κ2) is 8.88. The number of fused-ring (bicyclic) bond motifs is 2. The largest absolute Gasteiger partial charge is 0.317 e. The first kappa shape index (κ1) is 20.3. The Kier molecular flexibility index (Phi) is 5.82. The molecule has 1 aromatic carbocycles. The summed E-state index contributed by atoms with van der Waals surface area (Å²) < 4.78 is 1.17. The van der Waals surface area contributed by atoms with E-state index in [-0.39, 0.29) is 5.91 Å². The minimum atomic E-state index is 0.0188. The molecule has 3 aromatic heterocycles. The van der Waals surface area contributed by atoms with Gasteiger partial charge in [-0.1, -0.05) is 12.1 Å². The number of amides is 1. The number of para-hydroxylation sites is 1. The van der Waals surface area contributed by atoms with Gasteiger partial charge in [0.25, 0.3) is 0 Å². The first-order chi connectivity index (χ1) is 15.2. The van der Waals surface area contributed by atoms with Gasteiger partial charge in [0.2, 0.25) is 5.91 Å². The zero-order valence-corrected chi connectivity index (χ0v) is 18.9. The lowest BCUT2D eigenvalue weighted by molar-refractivity contribution is -0.116. The van der Waals surface area contributed by atoms with Gasteiger partial charge in [-0.25, -0.2) is 4.98 Å². The van der Waals surface area contributed by atoms with Crippen LogP contribution >= 0.6 is 22.7 Å². The van der Waals surface area contributed by atoms with Crippen molar-refractivity contribution in [2.45, 2.75) is 32.9 Å². The molecule has 5 rings (SSSR count). The summed E-state index contributed by atoms with van der Waals surface area (Å²) in [5, 5.41) is 18.8. The van der Waals surface area contributed by atoms with Gasteiger partial charge in [-0.15, -0.1) is 22.7 Å². The highest BCUT2D eigenvalue weighted by molar-refractivity contribution is 7.22. The van der Waals surface area contributed by atoms with Crippen molar-refractivity contribution in [3.05, 3.63) is 52.2 Å². The number of hydrogen-bond donors (Lipinski definition) is 4. The Labute approximate surface area is 188 Å². The summed E-state index contributed by atoms with van der Waals surface area (Å²) in [4.78, 5) is 18.9. The summed E-state index contributed by atoms with van der Waals surface area (Å²) in [5.41, 5.74) is 5.62. The molecule has 7 nitrogen and oxygen atoms in total. The lowest BCUT2D eigenvalue weighted by Gasteiger charge is -2.13. The molecule has 0 saturated carbocycles. The molecule has 1 aliphatic rings. The van der Waals surface area contributed by atoms with Crippen LogP contribution in [0.2, 0.25) is 0 Å². The van der Waals surface area contributed by atoms with Crippen molar-refractivity contribution >= 4 is 43.8 Å². The molecule has 0 saturated heterocycles. The number of nitrogens with one attached hydrogen (secondary N) is 4. The van der Waals surface area contributed by atoms with Crippen molar-refractivity contribution in [1.82, 2.24) is 25.8 Å². The Bertz CT molecular complexity index is 1190. The van der Waals surface area contributed by atoms with Gasteiger partial charge in [0, 0.05) is 47.8 Å². The highest BCUT2D eigenvalue weighted by Gasteiger charge is 2.25. The van der Waals surface area contributed by atoms with Crippen LogP contribution in [0, 0.1) is 6.92 Å².